The van der Waals surface area contributed by atoms with Crippen LogP contribution in [0.1, 0.15) is 27.0 Å². The molecule has 1 aromatic heterocycles. The smallest absolute Gasteiger partial charge is 0.269 e. The number of carbonyl (C=O) groups excluding carboxylic acids is 1. The van der Waals surface area contributed by atoms with Crippen LogP contribution >= 0.6 is 0 Å². The van der Waals surface area contributed by atoms with E-state index in [1.165, 1.54) is 24.3 Å². The second kappa shape index (κ2) is 7.99. The third kappa shape index (κ3) is 4.14. The lowest BCUT2D eigenvalue weighted by molar-refractivity contribution is -0.384. The maximum absolute atomic E-state index is 13.2. The number of amides is 1. The van der Waals surface area contributed by atoms with Gasteiger partial charge in [-0.2, -0.15) is 0 Å². The van der Waals surface area contributed by atoms with Crippen molar-refractivity contribution >= 4 is 28.2 Å². The van der Waals surface area contributed by atoms with E-state index in [0.29, 0.717) is 16.9 Å². The van der Waals surface area contributed by atoms with Crippen molar-refractivity contribution in [2.24, 2.45) is 0 Å². The molecule has 4 rings (SSSR count). The summed E-state index contributed by atoms with van der Waals surface area (Å²) in [4.78, 5) is 28.5. The number of aromatic nitrogens is 1. The van der Waals surface area contributed by atoms with E-state index in [-0.39, 0.29) is 11.6 Å². The maximum Gasteiger partial charge on any atom is 0.269 e. The van der Waals surface area contributed by atoms with Crippen LogP contribution in [0.25, 0.3) is 22.2 Å². The van der Waals surface area contributed by atoms with Crippen LogP contribution in [0.15, 0.2) is 66.7 Å². The lowest BCUT2D eigenvalue weighted by Crippen LogP contribution is -2.13. The Morgan fingerprint density at radius 2 is 1.58 bits per heavy atom. The molecule has 4 aromatic rings. The quantitative estimate of drug-likeness (QED) is 0.330. The minimum Gasteiger partial charge on any atom is -0.322 e. The molecule has 6 nitrogen and oxygen atoms in total. The predicted octanol–water partition coefficient (Wildman–Crippen LogP) is 5.99. The van der Waals surface area contributed by atoms with E-state index in [4.69, 9.17) is 4.98 Å². The van der Waals surface area contributed by atoms with Gasteiger partial charge in [0.15, 0.2) is 0 Å². The van der Waals surface area contributed by atoms with Crippen molar-refractivity contribution < 1.29 is 9.72 Å². The van der Waals surface area contributed by atoms with Crippen LogP contribution in [0, 0.1) is 30.9 Å². The number of pyridine rings is 1. The van der Waals surface area contributed by atoms with Crippen LogP contribution < -0.4 is 5.32 Å². The van der Waals surface area contributed by atoms with Crippen molar-refractivity contribution in [3.05, 3.63) is 99.1 Å². The molecule has 0 radical (unpaired) electrons. The van der Waals surface area contributed by atoms with Gasteiger partial charge in [-0.3, -0.25) is 14.9 Å². The van der Waals surface area contributed by atoms with Crippen molar-refractivity contribution in [3.8, 4) is 11.3 Å². The van der Waals surface area contributed by atoms with Gasteiger partial charge in [0, 0.05) is 28.8 Å². The van der Waals surface area contributed by atoms with Crippen molar-refractivity contribution in [1.82, 2.24) is 4.98 Å². The molecule has 1 heterocycles. The van der Waals surface area contributed by atoms with Crippen LogP contribution in [0.4, 0.5) is 11.4 Å². The Labute approximate surface area is 179 Å². The molecule has 0 spiro atoms. The number of nitrogens with one attached hydrogen (secondary N) is 1. The largest absolute Gasteiger partial charge is 0.322 e. The van der Waals surface area contributed by atoms with Crippen molar-refractivity contribution in [3.63, 3.8) is 0 Å². The highest BCUT2D eigenvalue weighted by Crippen LogP contribution is 2.29. The number of hydrogen-bond acceptors (Lipinski definition) is 4. The number of nitrogens with zero attached hydrogens (tertiary/aromatic N) is 2. The molecule has 0 aliphatic heterocycles. The van der Waals surface area contributed by atoms with E-state index < -0.39 is 4.92 Å². The fourth-order valence-corrected chi connectivity index (χ4v) is 3.61. The Balaban J connectivity index is 1.81. The molecule has 0 aliphatic carbocycles. The molecular weight excluding hydrogens is 390 g/mol. The van der Waals surface area contributed by atoms with Gasteiger partial charge in [-0.05, 0) is 50.6 Å². The summed E-state index contributed by atoms with van der Waals surface area (Å²) in [5, 5.41) is 14.5. The highest BCUT2D eigenvalue weighted by Gasteiger charge is 2.16. The number of anilines is 1. The van der Waals surface area contributed by atoms with E-state index in [1.54, 1.807) is 6.07 Å². The summed E-state index contributed by atoms with van der Waals surface area (Å²) < 4.78 is 0. The van der Waals surface area contributed by atoms with Crippen LogP contribution in [-0.4, -0.2) is 15.8 Å². The second-order valence-electron chi connectivity index (χ2n) is 7.66. The fourth-order valence-electron chi connectivity index (χ4n) is 3.61. The summed E-state index contributed by atoms with van der Waals surface area (Å²) in [6.07, 6.45) is 0. The zero-order valence-electron chi connectivity index (χ0n) is 17.5. The van der Waals surface area contributed by atoms with Gasteiger partial charge in [0.25, 0.3) is 11.6 Å². The first-order valence-corrected chi connectivity index (χ1v) is 9.86. The highest BCUT2D eigenvalue weighted by molar-refractivity contribution is 6.13. The number of rotatable bonds is 4. The molecule has 0 saturated heterocycles. The molecular formula is C25H21N3O3. The van der Waals surface area contributed by atoms with Gasteiger partial charge in [-0.15, -0.1) is 0 Å². The number of fused-ring (bicyclic) bond motifs is 1. The summed E-state index contributed by atoms with van der Waals surface area (Å²) in [6.45, 7) is 5.99. The average molecular weight is 411 g/mol. The molecule has 31 heavy (non-hydrogen) atoms. The van der Waals surface area contributed by atoms with Gasteiger partial charge < -0.3 is 5.32 Å². The normalized spacial score (nSPS) is 10.8. The molecule has 0 fully saturated rings. The number of carbonyl (C=O) groups is 1. The first-order chi connectivity index (χ1) is 14.8. The Morgan fingerprint density at radius 3 is 2.23 bits per heavy atom. The van der Waals surface area contributed by atoms with E-state index in [2.05, 4.69) is 5.32 Å². The van der Waals surface area contributed by atoms with E-state index in [1.807, 2.05) is 57.2 Å². The number of hydrogen-bond donors (Lipinski definition) is 1. The van der Waals surface area contributed by atoms with Crippen LogP contribution in [0.2, 0.25) is 0 Å². The van der Waals surface area contributed by atoms with Crippen LogP contribution in [0.5, 0.6) is 0 Å². The van der Waals surface area contributed by atoms with Gasteiger partial charge in [0.05, 0.1) is 21.7 Å². The molecule has 0 aliphatic rings. The average Bonchev–Trinajstić information content (AvgIpc) is 2.74. The fraction of sp³-hybridized carbons (Fsp3) is 0.120. The molecule has 3 aromatic carbocycles. The van der Waals surface area contributed by atoms with Gasteiger partial charge >= 0.3 is 0 Å². The van der Waals surface area contributed by atoms with E-state index in [9.17, 15) is 14.9 Å². The predicted molar refractivity (Wildman–Crippen MR) is 122 cm³/mol. The Hall–Kier alpha value is -4.06. The van der Waals surface area contributed by atoms with Gasteiger partial charge in [0.1, 0.15) is 0 Å². The first kappa shape index (κ1) is 20.2. The van der Waals surface area contributed by atoms with Gasteiger partial charge in [-0.1, -0.05) is 41.5 Å². The number of nitro groups is 1. The van der Waals surface area contributed by atoms with E-state index >= 15 is 0 Å². The van der Waals surface area contributed by atoms with Crippen LogP contribution in [0.3, 0.4) is 0 Å². The molecule has 1 amide bonds. The summed E-state index contributed by atoms with van der Waals surface area (Å²) >= 11 is 0. The third-order valence-corrected chi connectivity index (χ3v) is 5.18. The monoisotopic (exact) mass is 411 g/mol. The zero-order valence-corrected chi connectivity index (χ0v) is 17.5. The molecule has 0 unspecified atom stereocenters. The summed E-state index contributed by atoms with van der Waals surface area (Å²) in [5.74, 6) is -0.292. The second-order valence-corrected chi connectivity index (χ2v) is 7.66. The van der Waals surface area contributed by atoms with Crippen molar-refractivity contribution in [2.45, 2.75) is 20.8 Å². The lowest BCUT2D eigenvalue weighted by atomic mass is 9.99. The SMILES string of the molecule is Cc1ccc(-c2cc(C(=O)Nc3ccc([N+](=O)[O-])cc3)c3cc(C)cc(C)c3n2)cc1. The minimum absolute atomic E-state index is 0.0275. The van der Waals surface area contributed by atoms with Crippen LogP contribution in [-0.2, 0) is 0 Å². The molecule has 1 N–H and O–H groups in total. The Kier molecular flexibility index (Phi) is 5.21. The summed E-state index contributed by atoms with van der Waals surface area (Å²) in [5.41, 5.74) is 6.57. The maximum atomic E-state index is 13.2. The molecule has 154 valence electrons. The lowest BCUT2D eigenvalue weighted by Gasteiger charge is -2.13. The first-order valence-electron chi connectivity index (χ1n) is 9.86. The molecule has 0 saturated carbocycles. The molecule has 6 heteroatoms. The topological polar surface area (TPSA) is 85.1 Å². The number of nitro benzene ring substituents is 1. The molecule has 0 bridgehead atoms. The number of benzene rings is 3. The number of aryl methyl sites for hydroxylation is 3. The third-order valence-electron chi connectivity index (χ3n) is 5.18. The van der Waals surface area contributed by atoms with Crippen molar-refractivity contribution in [1.29, 1.82) is 0 Å². The summed E-state index contributed by atoms with van der Waals surface area (Å²) in [7, 11) is 0. The van der Waals surface area contributed by atoms with E-state index in [0.717, 1.165) is 33.2 Å². The zero-order chi connectivity index (χ0) is 22.1. The van der Waals surface area contributed by atoms with Crippen molar-refractivity contribution in [2.75, 3.05) is 5.32 Å². The van der Waals surface area contributed by atoms with Gasteiger partial charge in [-0.25, -0.2) is 4.98 Å². The standard InChI is InChI=1S/C25H21N3O3/c1-15-4-6-18(7-5-15)23-14-22(21-13-16(2)12-17(3)24(21)27-23)25(29)26-19-8-10-20(11-9-19)28(30)31/h4-14H,1-3H3,(H,26,29). The minimum atomic E-state index is -0.471. The number of non-ortho nitro benzene ring substituents is 1. The Morgan fingerprint density at radius 1 is 0.903 bits per heavy atom. The van der Waals surface area contributed by atoms with Gasteiger partial charge in [0.2, 0.25) is 0 Å². The highest BCUT2D eigenvalue weighted by atomic mass is 16.6. The molecule has 0 atom stereocenters. The Bertz CT molecular complexity index is 1310. The summed E-state index contributed by atoms with van der Waals surface area (Å²) in [6, 6.07) is 19.6.